The van der Waals surface area contributed by atoms with E-state index >= 15 is 0 Å². The van der Waals surface area contributed by atoms with Gasteiger partial charge in [-0.15, -0.1) is 16.4 Å². The van der Waals surface area contributed by atoms with E-state index in [1.807, 2.05) is 27.3 Å². The Morgan fingerprint density at radius 2 is 2.25 bits per heavy atom. The average molecular weight is 361 g/mol. The lowest BCUT2D eigenvalue weighted by atomic mass is 9.98. The Morgan fingerprint density at radius 3 is 3.04 bits per heavy atom. The molecule has 1 N–H and O–H groups in total. The quantitative estimate of drug-likeness (QED) is 0.730. The molecule has 0 aromatic carbocycles. The van der Waals surface area contributed by atoms with Gasteiger partial charge in [0.05, 0.1) is 6.54 Å². The van der Waals surface area contributed by atoms with Crippen LogP contribution in [0.2, 0.25) is 0 Å². The lowest BCUT2D eigenvalue weighted by Crippen LogP contribution is -3.12. The molecule has 4 heterocycles. The molecule has 1 aliphatic rings. The van der Waals surface area contributed by atoms with Gasteiger partial charge >= 0.3 is 0 Å². The lowest BCUT2D eigenvalue weighted by molar-refractivity contribution is -0.956. The number of aromatic nitrogens is 4. The number of fused-ring (bicyclic) bond motifs is 2. The van der Waals surface area contributed by atoms with Crippen LogP contribution >= 0.6 is 23.6 Å². The summed E-state index contributed by atoms with van der Waals surface area (Å²) in [5.74, 6) is 0.707. The molecule has 4 rings (SSSR count). The number of quaternary nitrogens is 1. The second kappa shape index (κ2) is 6.06. The summed E-state index contributed by atoms with van der Waals surface area (Å²) >= 11 is 7.57. The first-order valence-corrected chi connectivity index (χ1v) is 9.72. The number of thiophene rings is 1. The molecule has 0 fully saturated rings. The molecule has 0 spiro atoms. The first kappa shape index (κ1) is 15.9. The van der Waals surface area contributed by atoms with Gasteiger partial charge in [-0.25, -0.2) is 4.98 Å². The van der Waals surface area contributed by atoms with Crippen molar-refractivity contribution in [1.82, 2.24) is 19.2 Å². The van der Waals surface area contributed by atoms with Crippen LogP contribution in [-0.2, 0) is 13.1 Å². The first-order chi connectivity index (χ1) is 11.6. The van der Waals surface area contributed by atoms with Crippen molar-refractivity contribution in [3.63, 3.8) is 0 Å². The van der Waals surface area contributed by atoms with Crippen LogP contribution in [0.1, 0.15) is 41.2 Å². The van der Waals surface area contributed by atoms with Crippen molar-refractivity contribution in [3.05, 3.63) is 44.1 Å². The van der Waals surface area contributed by atoms with Gasteiger partial charge in [-0.2, -0.15) is 4.68 Å². The summed E-state index contributed by atoms with van der Waals surface area (Å²) in [4.78, 5) is 7.63. The number of rotatable bonds is 3. The zero-order valence-corrected chi connectivity index (χ0v) is 15.9. The molecule has 126 valence electrons. The van der Waals surface area contributed by atoms with Crippen LogP contribution in [0.25, 0.3) is 5.78 Å². The molecule has 3 aromatic heterocycles. The summed E-state index contributed by atoms with van der Waals surface area (Å²) in [6.45, 7) is 8.26. The van der Waals surface area contributed by atoms with Crippen molar-refractivity contribution < 1.29 is 4.90 Å². The van der Waals surface area contributed by atoms with Gasteiger partial charge in [0.15, 0.2) is 6.67 Å². The highest BCUT2D eigenvalue weighted by molar-refractivity contribution is 7.71. The topological polar surface area (TPSA) is 39.6 Å². The van der Waals surface area contributed by atoms with Crippen molar-refractivity contribution in [2.75, 3.05) is 6.54 Å². The first-order valence-electron chi connectivity index (χ1n) is 8.43. The van der Waals surface area contributed by atoms with Gasteiger partial charge in [0.1, 0.15) is 6.04 Å². The molecule has 24 heavy (non-hydrogen) atoms. The Labute approximate surface area is 150 Å². The Morgan fingerprint density at radius 1 is 1.42 bits per heavy atom. The van der Waals surface area contributed by atoms with Crippen molar-refractivity contribution in [2.45, 2.75) is 46.3 Å². The number of aryl methyl sites for hydroxylation is 2. The minimum absolute atomic E-state index is 0.530. The number of nitrogens with zero attached hydrogens (tertiary/aromatic N) is 4. The normalized spacial score (nSPS) is 20.5. The van der Waals surface area contributed by atoms with E-state index in [0.717, 1.165) is 42.2 Å². The zero-order valence-electron chi connectivity index (χ0n) is 14.2. The summed E-state index contributed by atoms with van der Waals surface area (Å²) in [5, 5.41) is 6.91. The smallest absolute Gasteiger partial charge is 0.254 e. The van der Waals surface area contributed by atoms with E-state index in [1.165, 1.54) is 10.5 Å². The van der Waals surface area contributed by atoms with Crippen LogP contribution in [0.15, 0.2) is 17.5 Å². The second-order valence-electron chi connectivity index (χ2n) is 6.53. The van der Waals surface area contributed by atoms with Crippen LogP contribution in [0.4, 0.5) is 0 Å². The van der Waals surface area contributed by atoms with Crippen molar-refractivity contribution >= 4 is 29.3 Å². The molecule has 0 saturated heterocycles. The Hall–Kier alpha value is -1.57. The summed E-state index contributed by atoms with van der Waals surface area (Å²) in [6, 6.07) is 4.88. The zero-order chi connectivity index (χ0) is 16.8. The summed E-state index contributed by atoms with van der Waals surface area (Å²) in [7, 11) is 0. The number of hydrogen-bond donors (Lipinski definition) is 1. The lowest BCUT2D eigenvalue weighted by Gasteiger charge is -2.31. The maximum Gasteiger partial charge on any atom is 0.254 e. The van der Waals surface area contributed by atoms with Crippen LogP contribution in [-0.4, -0.2) is 25.7 Å². The third-order valence-electron chi connectivity index (χ3n) is 4.95. The van der Waals surface area contributed by atoms with Crippen molar-refractivity contribution in [1.29, 1.82) is 0 Å². The number of hydrogen-bond acceptors (Lipinski definition) is 4. The minimum Gasteiger partial charge on any atom is -0.310 e. The molecular weight excluding hydrogens is 338 g/mol. The molecule has 7 heteroatoms. The molecule has 3 aromatic rings. The van der Waals surface area contributed by atoms with Gasteiger partial charge in [-0.1, -0.05) is 6.92 Å². The van der Waals surface area contributed by atoms with E-state index < -0.39 is 0 Å². The average Bonchev–Trinajstić information content (AvgIpc) is 3.12. The van der Waals surface area contributed by atoms with E-state index in [9.17, 15) is 0 Å². The highest BCUT2D eigenvalue weighted by Gasteiger charge is 2.31. The summed E-state index contributed by atoms with van der Waals surface area (Å²) in [5.41, 5.74) is 3.59. The molecule has 5 nitrogen and oxygen atoms in total. The molecule has 0 radical (unpaired) electrons. The third kappa shape index (κ3) is 2.51. The largest absolute Gasteiger partial charge is 0.310 e. The van der Waals surface area contributed by atoms with Gasteiger partial charge in [-0.05, 0) is 43.6 Å². The van der Waals surface area contributed by atoms with Crippen molar-refractivity contribution in [3.8, 4) is 0 Å². The predicted octanol–water partition coefficient (Wildman–Crippen LogP) is 2.49. The number of nitrogens with one attached hydrogen (secondary N) is 1. The van der Waals surface area contributed by atoms with E-state index in [2.05, 4.69) is 41.4 Å². The summed E-state index contributed by atoms with van der Waals surface area (Å²) < 4.78 is 4.68. The van der Waals surface area contributed by atoms with Crippen LogP contribution < -0.4 is 4.90 Å². The van der Waals surface area contributed by atoms with E-state index in [-0.39, 0.29) is 0 Å². The van der Waals surface area contributed by atoms with Crippen LogP contribution in [0, 0.1) is 18.6 Å². The summed E-state index contributed by atoms with van der Waals surface area (Å²) in [6.07, 6.45) is 2.28. The molecule has 0 bridgehead atoms. The third-order valence-corrected chi connectivity index (χ3v) is 6.34. The Kier molecular flexibility index (Phi) is 4.02. The highest BCUT2D eigenvalue weighted by atomic mass is 32.1. The molecule has 0 amide bonds. The van der Waals surface area contributed by atoms with E-state index in [0.29, 0.717) is 11.8 Å². The van der Waals surface area contributed by atoms with Gasteiger partial charge in [0, 0.05) is 34.7 Å². The van der Waals surface area contributed by atoms with Gasteiger partial charge in [0.2, 0.25) is 4.77 Å². The fourth-order valence-corrected chi connectivity index (χ4v) is 5.14. The fourth-order valence-electron chi connectivity index (χ4n) is 3.86. The van der Waals surface area contributed by atoms with Crippen molar-refractivity contribution in [2.24, 2.45) is 0 Å². The molecular formula is C17H22N5S2+. The monoisotopic (exact) mass is 360 g/mol. The molecule has 1 aliphatic heterocycles. The molecule has 0 aliphatic carbocycles. The van der Waals surface area contributed by atoms with Crippen LogP contribution in [0.3, 0.4) is 0 Å². The van der Waals surface area contributed by atoms with Gasteiger partial charge in [0.25, 0.3) is 5.78 Å². The standard InChI is InChI=1S/C17H21N5S2/c1-4-14-13-6-8-24-15(13)5-7-20(14)10-21-17(23)22-12(3)9-11(2)18-16(22)19-21/h6,8-9,14H,4-5,7,10H2,1-3H3/p+1/t14-/m1/s1. The SMILES string of the molecule is CC[C@@H]1c2ccsc2CC[NH+]1Cn1nc2nc(C)cc(C)n2c1=S. The fraction of sp³-hybridized carbons (Fsp3) is 0.471. The minimum atomic E-state index is 0.530. The van der Waals surface area contributed by atoms with E-state index in [4.69, 9.17) is 12.2 Å². The molecule has 1 unspecified atom stereocenters. The Balaban J connectivity index is 1.71. The molecule has 0 saturated carbocycles. The maximum absolute atomic E-state index is 5.67. The second-order valence-corrected chi connectivity index (χ2v) is 7.90. The molecule has 2 atom stereocenters. The van der Waals surface area contributed by atoms with E-state index in [1.54, 1.807) is 4.88 Å². The highest BCUT2D eigenvalue weighted by Crippen LogP contribution is 2.26. The van der Waals surface area contributed by atoms with Gasteiger partial charge < -0.3 is 4.90 Å². The maximum atomic E-state index is 5.67. The van der Waals surface area contributed by atoms with Crippen LogP contribution in [0.5, 0.6) is 0 Å². The predicted molar refractivity (Wildman–Crippen MR) is 98.2 cm³/mol. The Bertz CT molecular complexity index is 952. The van der Waals surface area contributed by atoms with Gasteiger partial charge in [-0.3, -0.25) is 4.40 Å².